The summed E-state index contributed by atoms with van der Waals surface area (Å²) in [5.74, 6) is 4.17. The standard InChI is InChI=1S/C100H141N29O6/c1-117(2)58-87(101)50-104-47-75-29-76(48-105-51-88(102)59-118(3)4)36-97(35-75)132-71-83-33-85(73-134-99-39-79(54-126-67-91(108-113-126)62-121(9)10)31-80(40-99)55-127-68-92(109-114-127)63-122(11)12)45-95(43-83)130-27-25-23-21-19-17-18-20-22-24-26-28-131-96-44-84(72-133-98-37-77(49-106-52-89(103)60-119(5)6)30-78(38-98)53-125-66-90(107-112-125)61-120(7)8)34-86(46-96)74-135-100-41-81(56-128-69-93(110-115-128)64-123(13)14)32-82(42-100)57-129-70-94(111-116-129)65-124(15)16/h17-18,23-26,29-46,50-52,66-70,104-106H,19-22,27-28,47-49,53-65,71-74,101-103H2,1-16H3/b18-17?,25-23?,26-24?,87-50-,88-51-,89-52-. The average Bonchev–Trinajstić information content (AvgIpc) is 1.78. The van der Waals surface area contributed by atoms with E-state index in [0.29, 0.717) is 152 Å². The highest BCUT2D eigenvalue weighted by molar-refractivity contribution is 5.42. The van der Waals surface area contributed by atoms with Crippen LogP contribution in [0.5, 0.6) is 34.5 Å². The fourth-order valence-corrected chi connectivity index (χ4v) is 15.0. The van der Waals surface area contributed by atoms with Gasteiger partial charge < -0.3 is 101 Å². The number of hydrogen-bond donors (Lipinski definition) is 6. The van der Waals surface area contributed by atoms with Crippen molar-refractivity contribution in [3.63, 3.8) is 0 Å². The first-order chi connectivity index (χ1) is 65.0. The molecule has 0 radical (unpaired) electrons. The van der Waals surface area contributed by atoms with Crippen LogP contribution in [0.2, 0.25) is 0 Å². The molecule has 0 atom stereocenters. The number of unbranched alkanes of at least 4 members (excludes halogenated alkanes) is 2. The zero-order valence-electron chi connectivity index (χ0n) is 81.8. The molecule has 9 N–H and O–H groups in total. The van der Waals surface area contributed by atoms with Gasteiger partial charge in [-0.25, -0.2) is 23.4 Å². The molecule has 11 rings (SSSR count). The van der Waals surface area contributed by atoms with Crippen molar-refractivity contribution >= 4 is 0 Å². The minimum Gasteiger partial charge on any atom is -0.490 e. The van der Waals surface area contributed by atoms with Crippen LogP contribution >= 0.6 is 0 Å². The van der Waals surface area contributed by atoms with E-state index in [1.54, 1.807) is 0 Å². The van der Waals surface area contributed by atoms with Crippen LogP contribution in [0.1, 0.15) is 121 Å². The number of aromatic nitrogens is 15. The van der Waals surface area contributed by atoms with Crippen LogP contribution in [0.3, 0.4) is 0 Å². The topological polar surface area (TPSA) is 349 Å². The monoisotopic (exact) mass is 1840 g/mol. The first kappa shape index (κ1) is 102. The summed E-state index contributed by atoms with van der Waals surface area (Å²) >= 11 is 0. The summed E-state index contributed by atoms with van der Waals surface area (Å²) in [5.41, 5.74) is 37.4. The fraction of sp³-hybridized carbons (Fsp3) is 0.420. The quantitative estimate of drug-likeness (QED) is 0.0152. The maximum absolute atomic E-state index is 6.79. The molecule has 0 fully saturated rings. The Hall–Kier alpha value is -13.3. The number of likely N-dealkylation sites (N-methyl/N-ethyl adjacent to an activating group) is 3. The van der Waals surface area contributed by atoms with Gasteiger partial charge in [-0.3, -0.25) is 0 Å². The predicted octanol–water partition coefficient (Wildman–Crippen LogP) is 9.55. The van der Waals surface area contributed by atoms with E-state index < -0.39 is 0 Å². The van der Waals surface area contributed by atoms with Gasteiger partial charge in [0.1, 0.15) is 74.1 Å². The van der Waals surface area contributed by atoms with Crippen molar-refractivity contribution in [3.8, 4) is 34.5 Å². The minimum atomic E-state index is 0.244. The number of hydrogen-bond acceptors (Lipinski definition) is 30. The van der Waals surface area contributed by atoms with E-state index in [-0.39, 0.29) is 26.4 Å². The number of benzene rings is 6. The largest absolute Gasteiger partial charge is 0.490 e. The maximum Gasteiger partial charge on any atom is 0.120 e. The van der Waals surface area contributed by atoms with Gasteiger partial charge in [-0.2, -0.15) is 0 Å². The van der Waals surface area contributed by atoms with E-state index >= 15 is 0 Å². The molecular weight excluding hydrogens is 1700 g/mol. The van der Waals surface area contributed by atoms with Gasteiger partial charge in [-0.15, -0.1) is 25.5 Å². The molecule has 0 aliphatic rings. The van der Waals surface area contributed by atoms with E-state index in [1.807, 2.05) is 225 Å². The highest BCUT2D eigenvalue weighted by atomic mass is 16.5. The van der Waals surface area contributed by atoms with Crippen molar-refractivity contribution in [1.29, 1.82) is 0 Å². The molecular formula is C100H141N29O6. The Labute approximate surface area is 796 Å². The molecule has 35 nitrogen and oxygen atoms in total. The van der Waals surface area contributed by atoms with Crippen molar-refractivity contribution < 1.29 is 28.4 Å². The third kappa shape index (κ3) is 38.3. The van der Waals surface area contributed by atoms with Crippen molar-refractivity contribution in [2.75, 3.05) is 146 Å². The zero-order valence-corrected chi connectivity index (χ0v) is 81.8. The van der Waals surface area contributed by atoms with Crippen LogP contribution in [-0.4, -0.2) is 260 Å². The summed E-state index contributed by atoms with van der Waals surface area (Å²) in [6.45, 7) is 11.0. The lowest BCUT2D eigenvalue weighted by Crippen LogP contribution is -2.22. The zero-order chi connectivity index (χ0) is 96.0. The predicted molar refractivity (Wildman–Crippen MR) is 528 cm³/mol. The summed E-state index contributed by atoms with van der Waals surface area (Å²) in [6, 6.07) is 37.5. The van der Waals surface area contributed by atoms with Gasteiger partial charge >= 0.3 is 0 Å². The lowest BCUT2D eigenvalue weighted by atomic mass is 10.1. The molecule has 722 valence electrons. The lowest BCUT2D eigenvalue weighted by molar-refractivity contribution is 0.295. The Morgan fingerprint density at radius 3 is 0.696 bits per heavy atom. The van der Waals surface area contributed by atoms with Crippen LogP contribution in [0.25, 0.3) is 0 Å². The first-order valence-corrected chi connectivity index (χ1v) is 45.6. The second-order valence-electron chi connectivity index (χ2n) is 36.5. The van der Waals surface area contributed by atoms with Crippen LogP contribution in [0, 0.1) is 0 Å². The summed E-state index contributed by atoms with van der Waals surface area (Å²) in [4.78, 5) is 16.5. The highest BCUT2D eigenvalue weighted by Gasteiger charge is 2.18. The van der Waals surface area contributed by atoms with Crippen LogP contribution in [0.4, 0.5) is 0 Å². The average molecular weight is 1850 g/mol. The van der Waals surface area contributed by atoms with Gasteiger partial charge in [0.2, 0.25) is 0 Å². The molecule has 0 unspecified atom stereocenters. The lowest BCUT2D eigenvalue weighted by Gasteiger charge is -2.15. The molecule has 0 aliphatic carbocycles. The van der Waals surface area contributed by atoms with Gasteiger partial charge in [-0.05, 0) is 290 Å². The third-order valence-electron chi connectivity index (χ3n) is 20.3. The number of allylic oxidation sites excluding steroid dienone is 4. The normalized spacial score (nSPS) is 12.4. The van der Waals surface area contributed by atoms with E-state index in [1.165, 1.54) is 0 Å². The Kier molecular flexibility index (Phi) is 40.1. The second-order valence-corrected chi connectivity index (χ2v) is 36.5. The van der Waals surface area contributed by atoms with Gasteiger partial charge in [0, 0.05) is 108 Å². The molecule has 5 aromatic heterocycles. The smallest absolute Gasteiger partial charge is 0.120 e. The van der Waals surface area contributed by atoms with Crippen molar-refractivity contribution in [2.45, 2.75) is 137 Å². The Morgan fingerprint density at radius 1 is 0.259 bits per heavy atom. The van der Waals surface area contributed by atoms with Gasteiger partial charge in [-0.1, -0.05) is 86.8 Å². The Bertz CT molecular complexity index is 5490. The molecule has 0 amide bonds. The van der Waals surface area contributed by atoms with E-state index in [9.17, 15) is 0 Å². The summed E-state index contributed by atoms with van der Waals surface area (Å²) in [7, 11) is 32.1. The molecule has 0 saturated heterocycles. The number of nitrogens with two attached hydrogens (primary N) is 3. The second kappa shape index (κ2) is 53.0. The summed E-state index contributed by atoms with van der Waals surface area (Å²) in [6.07, 6.45) is 31.9. The van der Waals surface area contributed by atoms with E-state index in [4.69, 9.17) is 45.6 Å². The van der Waals surface area contributed by atoms with Crippen molar-refractivity contribution in [2.24, 2.45) is 17.2 Å². The molecule has 11 aromatic rings. The maximum atomic E-state index is 6.79. The SMILES string of the molecule is CN(C)C/C(N)=C/NCc1cc(CN/C=C(\N)CN(C)C)cc(OCc2cc(COc3cc(Cn4cc(CN(C)C)nn4)cc(Cn4cc(CN(C)C)nn4)c3)cc(OCC=CCCC=CCCC=CCOc3cc(COc4cc(CN/C=C(\N)CN(C)C)cc(Cn5cc(CN(C)C)nn5)c4)cc(COc4cc(Cn5cc(CN(C)C)nn5)cc(Cn5cc(CN(C)C)nn5)c4)c3)c2)c1. The molecule has 0 aliphatic heterocycles. The number of nitrogens with one attached hydrogen (secondary N) is 3. The summed E-state index contributed by atoms with van der Waals surface area (Å²) in [5, 5.41) is 54.8. The van der Waals surface area contributed by atoms with Crippen LogP contribution in [0.15, 0.2) is 212 Å². The molecule has 5 heterocycles. The Morgan fingerprint density at radius 2 is 0.459 bits per heavy atom. The molecule has 0 saturated carbocycles. The van der Waals surface area contributed by atoms with Gasteiger partial charge in [0.15, 0.2) is 0 Å². The number of nitrogens with zero attached hydrogens (tertiary/aromatic N) is 23. The van der Waals surface area contributed by atoms with Gasteiger partial charge in [0.25, 0.3) is 0 Å². The fourth-order valence-electron chi connectivity index (χ4n) is 15.0. The molecule has 6 aromatic carbocycles. The highest BCUT2D eigenvalue weighted by Crippen LogP contribution is 2.30. The van der Waals surface area contributed by atoms with Gasteiger partial charge in [0.05, 0.1) is 92.2 Å². The third-order valence-corrected chi connectivity index (χ3v) is 20.3. The molecule has 35 heteroatoms. The van der Waals surface area contributed by atoms with Crippen molar-refractivity contribution in [3.05, 3.63) is 308 Å². The molecule has 0 bridgehead atoms. The minimum absolute atomic E-state index is 0.244. The Balaban J connectivity index is 0.758. The first-order valence-electron chi connectivity index (χ1n) is 45.6. The number of rotatable bonds is 59. The van der Waals surface area contributed by atoms with Crippen LogP contribution < -0.4 is 61.6 Å². The molecule has 135 heavy (non-hydrogen) atoms. The number of ether oxygens (including phenoxy) is 6. The van der Waals surface area contributed by atoms with E-state index in [2.05, 4.69) is 213 Å². The van der Waals surface area contributed by atoms with Crippen LogP contribution in [-0.2, 0) is 112 Å². The van der Waals surface area contributed by atoms with Crippen molar-refractivity contribution in [1.82, 2.24) is 130 Å². The summed E-state index contributed by atoms with van der Waals surface area (Å²) < 4.78 is 49.5. The van der Waals surface area contributed by atoms with E-state index in [0.717, 1.165) is 138 Å². The molecule has 0 spiro atoms.